The Bertz CT molecular complexity index is 748. The van der Waals surface area contributed by atoms with E-state index in [4.69, 9.17) is 0 Å². The molecule has 0 saturated heterocycles. The summed E-state index contributed by atoms with van der Waals surface area (Å²) in [5.41, 5.74) is 1.08. The predicted molar refractivity (Wildman–Crippen MR) is 85.6 cm³/mol. The van der Waals surface area contributed by atoms with Crippen molar-refractivity contribution >= 4 is 28.1 Å². The van der Waals surface area contributed by atoms with Gasteiger partial charge >= 0.3 is 0 Å². The Morgan fingerprint density at radius 1 is 1.38 bits per heavy atom. The number of hydrogen-bond acceptors (Lipinski definition) is 4. The van der Waals surface area contributed by atoms with Gasteiger partial charge in [0, 0.05) is 29.1 Å². The maximum absolute atomic E-state index is 13.8. The Morgan fingerprint density at radius 3 is 2.95 bits per heavy atom. The maximum atomic E-state index is 13.8. The van der Waals surface area contributed by atoms with Gasteiger partial charge in [0.1, 0.15) is 10.8 Å². The molecule has 1 aromatic carbocycles. The van der Waals surface area contributed by atoms with E-state index in [0.717, 1.165) is 15.7 Å². The Morgan fingerprint density at radius 2 is 2.19 bits per heavy atom. The van der Waals surface area contributed by atoms with Crippen LogP contribution in [0.25, 0.3) is 4.96 Å². The largest absolute Gasteiger partial charge is 0.309 e. The van der Waals surface area contributed by atoms with Gasteiger partial charge in [0.2, 0.25) is 0 Å². The molecule has 0 aliphatic rings. The second-order valence-corrected chi connectivity index (χ2v) is 6.89. The Balaban J connectivity index is 1.95. The van der Waals surface area contributed by atoms with E-state index in [1.54, 1.807) is 23.5 Å². The van der Waals surface area contributed by atoms with E-state index in [2.05, 4.69) is 28.5 Å². The summed E-state index contributed by atoms with van der Waals surface area (Å²) >= 11 is 2.97. The summed E-state index contributed by atoms with van der Waals surface area (Å²) in [6, 6.07) is 7.20. The second kappa shape index (κ2) is 6.17. The molecule has 21 heavy (non-hydrogen) atoms. The third kappa shape index (κ3) is 3.12. The summed E-state index contributed by atoms with van der Waals surface area (Å²) in [5.74, 6) is -0.207. The first-order chi connectivity index (χ1) is 10.1. The number of fused-ring (bicyclic) bond motifs is 1. The van der Waals surface area contributed by atoms with Gasteiger partial charge in [0.05, 0.1) is 5.69 Å². The van der Waals surface area contributed by atoms with Gasteiger partial charge in [-0.15, -0.1) is 11.3 Å². The molecule has 0 aliphatic heterocycles. The Labute approximate surface area is 131 Å². The minimum Gasteiger partial charge on any atom is -0.309 e. The van der Waals surface area contributed by atoms with Gasteiger partial charge in [-0.2, -0.15) is 0 Å². The number of hydrogen-bond donors (Lipinski definition) is 1. The van der Waals surface area contributed by atoms with Crippen LogP contribution in [0.15, 0.2) is 45.8 Å². The number of benzene rings is 1. The molecular weight excluding hydrogens is 305 g/mol. The molecule has 1 N–H and O–H groups in total. The number of imidazole rings is 1. The number of aromatic nitrogens is 2. The van der Waals surface area contributed by atoms with Crippen molar-refractivity contribution in [2.24, 2.45) is 0 Å². The molecule has 0 fully saturated rings. The van der Waals surface area contributed by atoms with E-state index in [1.165, 1.54) is 17.8 Å². The Kier molecular flexibility index (Phi) is 4.28. The van der Waals surface area contributed by atoms with Gasteiger partial charge in [0.25, 0.3) is 0 Å². The van der Waals surface area contributed by atoms with Crippen LogP contribution in [0.1, 0.15) is 19.5 Å². The zero-order valence-electron chi connectivity index (χ0n) is 11.8. The minimum atomic E-state index is -0.207. The first-order valence-corrected chi connectivity index (χ1v) is 8.45. The fourth-order valence-electron chi connectivity index (χ4n) is 1.99. The topological polar surface area (TPSA) is 29.3 Å². The highest BCUT2D eigenvalue weighted by Crippen LogP contribution is 2.33. The number of rotatable bonds is 5. The van der Waals surface area contributed by atoms with Crippen LogP contribution >= 0.6 is 23.1 Å². The van der Waals surface area contributed by atoms with Crippen LogP contribution in [0.5, 0.6) is 0 Å². The molecule has 110 valence electrons. The standard InChI is InChI=1S/C15H16FN3S2/c1-10(2)17-9-12-14(18-15-19(12)7-8-20-15)21-13-6-4-3-5-11(13)16/h3-8,10,17H,9H2,1-2H3. The van der Waals surface area contributed by atoms with Crippen molar-refractivity contribution in [3.8, 4) is 0 Å². The molecular formula is C15H16FN3S2. The molecule has 3 nitrogen and oxygen atoms in total. The molecule has 0 saturated carbocycles. The lowest BCUT2D eigenvalue weighted by molar-refractivity contribution is 0.574. The van der Waals surface area contributed by atoms with E-state index in [-0.39, 0.29) is 5.82 Å². The molecule has 3 aromatic rings. The summed E-state index contributed by atoms with van der Waals surface area (Å²) in [6.07, 6.45) is 2.01. The quantitative estimate of drug-likeness (QED) is 0.764. The predicted octanol–water partition coefficient (Wildman–Crippen LogP) is 4.18. The molecule has 0 radical (unpaired) electrons. The van der Waals surface area contributed by atoms with Crippen LogP contribution in [-0.2, 0) is 6.54 Å². The number of nitrogens with zero attached hydrogens (tertiary/aromatic N) is 2. The lowest BCUT2D eigenvalue weighted by Gasteiger charge is -2.09. The molecule has 2 heterocycles. The zero-order chi connectivity index (χ0) is 14.8. The lowest BCUT2D eigenvalue weighted by Crippen LogP contribution is -2.22. The van der Waals surface area contributed by atoms with Crippen molar-refractivity contribution in [3.63, 3.8) is 0 Å². The van der Waals surface area contributed by atoms with Gasteiger partial charge in [-0.25, -0.2) is 9.37 Å². The van der Waals surface area contributed by atoms with Gasteiger partial charge in [0.15, 0.2) is 4.96 Å². The van der Waals surface area contributed by atoms with Gasteiger partial charge in [-0.05, 0) is 12.1 Å². The van der Waals surface area contributed by atoms with Crippen molar-refractivity contribution in [2.75, 3.05) is 0 Å². The highest BCUT2D eigenvalue weighted by molar-refractivity contribution is 7.99. The first kappa shape index (κ1) is 14.6. The van der Waals surface area contributed by atoms with Crippen molar-refractivity contribution < 1.29 is 4.39 Å². The SMILES string of the molecule is CC(C)NCc1c(Sc2ccccc2F)nc2sccn12. The fraction of sp³-hybridized carbons (Fsp3) is 0.267. The summed E-state index contributed by atoms with van der Waals surface area (Å²) in [5, 5.41) is 6.28. The van der Waals surface area contributed by atoms with E-state index < -0.39 is 0 Å². The molecule has 0 unspecified atom stereocenters. The van der Waals surface area contributed by atoms with Crippen LogP contribution < -0.4 is 5.32 Å². The molecule has 0 bridgehead atoms. The van der Waals surface area contributed by atoms with Crippen molar-refractivity contribution in [1.29, 1.82) is 0 Å². The molecule has 2 aromatic heterocycles. The van der Waals surface area contributed by atoms with E-state index in [0.29, 0.717) is 17.5 Å². The molecule has 6 heteroatoms. The van der Waals surface area contributed by atoms with E-state index in [9.17, 15) is 4.39 Å². The van der Waals surface area contributed by atoms with Crippen LogP contribution in [-0.4, -0.2) is 15.4 Å². The normalized spacial score (nSPS) is 11.6. The Hall–Kier alpha value is -1.37. The average Bonchev–Trinajstić information content (AvgIpc) is 3.00. The number of thiazole rings is 1. The van der Waals surface area contributed by atoms with E-state index >= 15 is 0 Å². The van der Waals surface area contributed by atoms with Crippen LogP contribution in [0, 0.1) is 5.82 Å². The summed E-state index contributed by atoms with van der Waals surface area (Å²) in [4.78, 5) is 6.17. The third-order valence-corrected chi connectivity index (χ3v) is 4.87. The molecule has 0 amide bonds. The maximum Gasteiger partial charge on any atom is 0.194 e. The summed E-state index contributed by atoms with van der Waals surface area (Å²) in [6.45, 7) is 4.93. The van der Waals surface area contributed by atoms with Crippen molar-refractivity contribution in [3.05, 3.63) is 47.4 Å². The van der Waals surface area contributed by atoms with E-state index in [1.807, 2.05) is 17.6 Å². The van der Waals surface area contributed by atoms with Crippen molar-refractivity contribution in [1.82, 2.24) is 14.7 Å². The minimum absolute atomic E-state index is 0.207. The lowest BCUT2D eigenvalue weighted by atomic mass is 10.3. The molecule has 0 atom stereocenters. The van der Waals surface area contributed by atoms with Crippen LogP contribution in [0.3, 0.4) is 0 Å². The fourth-order valence-corrected chi connectivity index (χ4v) is 3.72. The van der Waals surface area contributed by atoms with Crippen molar-refractivity contribution in [2.45, 2.75) is 36.4 Å². The zero-order valence-corrected chi connectivity index (χ0v) is 13.5. The van der Waals surface area contributed by atoms with Crippen LogP contribution in [0.4, 0.5) is 4.39 Å². The smallest absolute Gasteiger partial charge is 0.194 e. The summed E-state index contributed by atoms with van der Waals surface area (Å²) in [7, 11) is 0. The highest BCUT2D eigenvalue weighted by atomic mass is 32.2. The van der Waals surface area contributed by atoms with Gasteiger partial charge < -0.3 is 5.32 Å². The second-order valence-electron chi connectivity index (χ2n) is 4.99. The molecule has 0 aliphatic carbocycles. The van der Waals surface area contributed by atoms with Gasteiger partial charge in [-0.1, -0.05) is 37.7 Å². The van der Waals surface area contributed by atoms with Crippen LogP contribution in [0.2, 0.25) is 0 Å². The third-order valence-electron chi connectivity index (χ3n) is 3.05. The van der Waals surface area contributed by atoms with Gasteiger partial charge in [-0.3, -0.25) is 4.40 Å². The average molecular weight is 321 g/mol. The summed E-state index contributed by atoms with van der Waals surface area (Å²) < 4.78 is 15.9. The molecule has 0 spiro atoms. The number of halogens is 1. The highest BCUT2D eigenvalue weighted by Gasteiger charge is 2.16. The monoisotopic (exact) mass is 321 g/mol. The first-order valence-electron chi connectivity index (χ1n) is 6.75. The number of nitrogens with one attached hydrogen (secondary N) is 1. The molecule has 3 rings (SSSR count).